The van der Waals surface area contributed by atoms with Crippen molar-refractivity contribution in [3.05, 3.63) is 186 Å². The monoisotopic (exact) mass is 1070 g/mol. The van der Waals surface area contributed by atoms with Gasteiger partial charge in [-0.2, -0.15) is 21.0 Å². The molecule has 12 rings (SSSR count). The zero-order chi connectivity index (χ0) is 54.3. The number of halogens is 4. The average molecular weight is 1070 g/mol. The molecule has 8 aromatic rings. The van der Waals surface area contributed by atoms with Gasteiger partial charge in [0.15, 0.2) is 23.3 Å². The molecule has 4 aliphatic rings. The van der Waals surface area contributed by atoms with Crippen molar-refractivity contribution in [1.29, 1.82) is 21.0 Å². The second-order valence-corrected chi connectivity index (χ2v) is 20.0. The van der Waals surface area contributed by atoms with Gasteiger partial charge >= 0.3 is 12.2 Å². The van der Waals surface area contributed by atoms with E-state index in [1.165, 1.54) is 21.3 Å². The molecular weight excluding hydrogens is 1040 g/mol. The maximum atomic E-state index is 14.6. The van der Waals surface area contributed by atoms with Crippen LogP contribution < -0.4 is 21.1 Å². The maximum Gasteiger partial charge on any atom is 0.419 e. The van der Waals surface area contributed by atoms with Crippen molar-refractivity contribution in [2.45, 2.75) is 13.2 Å². The molecule has 4 aromatic carbocycles. The molecule has 0 saturated heterocycles. The highest BCUT2D eigenvalue weighted by atomic mass is 32.1. The van der Waals surface area contributed by atoms with E-state index in [2.05, 4.69) is 9.98 Å². The highest BCUT2D eigenvalue weighted by Crippen LogP contribution is 2.41. The van der Waals surface area contributed by atoms with E-state index in [0.29, 0.717) is 64.8 Å². The number of aromatic nitrogens is 2. The normalized spacial score (nSPS) is 16.6. The van der Waals surface area contributed by atoms with E-state index < -0.39 is 81.4 Å². The van der Waals surface area contributed by atoms with Gasteiger partial charge in [-0.15, -0.1) is 22.7 Å². The average Bonchev–Trinajstić information content (AvgIpc) is 4.48. The lowest BCUT2D eigenvalue weighted by molar-refractivity contribution is 0.106. The molecule has 0 amide bonds. The third-order valence-corrected chi connectivity index (χ3v) is 15.6. The number of carbonyl (C=O) groups is 4. The number of nitrogens with zero attached hydrogens (tertiary/aromatic N) is 8. The Balaban J connectivity index is 1.03. The van der Waals surface area contributed by atoms with Gasteiger partial charge in [0, 0.05) is 55.7 Å². The summed E-state index contributed by atoms with van der Waals surface area (Å²) in [5.41, 5.74) is -1.46. The summed E-state index contributed by atoms with van der Waals surface area (Å²) in [6.45, 7) is -0.223. The predicted molar refractivity (Wildman–Crippen MR) is 279 cm³/mol. The van der Waals surface area contributed by atoms with E-state index in [0.717, 1.165) is 34.8 Å². The van der Waals surface area contributed by atoms with Crippen LogP contribution in [0.2, 0.25) is 0 Å². The van der Waals surface area contributed by atoms with Crippen molar-refractivity contribution in [3.8, 4) is 24.3 Å². The largest absolute Gasteiger partial charge is 0.444 e. The van der Waals surface area contributed by atoms with E-state index in [9.17, 15) is 57.8 Å². The summed E-state index contributed by atoms with van der Waals surface area (Å²) in [6, 6.07) is 30.6. The zero-order valence-electron chi connectivity index (χ0n) is 39.5. The third-order valence-electron chi connectivity index (χ3n) is 13.5. The first kappa shape index (κ1) is 48.6. The highest BCUT2D eigenvalue weighted by Gasteiger charge is 2.38. The lowest BCUT2D eigenvalue weighted by atomic mass is 9.84. The fourth-order valence-corrected chi connectivity index (χ4v) is 12.1. The Morgan fingerprint density at radius 2 is 0.885 bits per heavy atom. The van der Waals surface area contributed by atoms with Crippen molar-refractivity contribution in [2.75, 3.05) is 0 Å². The summed E-state index contributed by atoms with van der Waals surface area (Å²) in [7, 11) is 0. The summed E-state index contributed by atoms with van der Waals surface area (Å²) in [4.78, 5) is 65.7. The SMILES string of the molecule is N#CC(C#N)=C1/C(=N/c2cc3c(s2)c2c(n3C(=O)OCc3ccccc3)=CC3C=c4c(n(C(=O)OCc5ccccc5)c5cc(/N=C6\C(=O)c7cc(F)c(F)cc7C6=C(C#N)C#N)sc45)=CC3C=2)C(=O)c2cc(F)c(F)cc21. The first-order valence-corrected chi connectivity index (χ1v) is 25.0. The number of nitriles is 4. The van der Waals surface area contributed by atoms with Crippen LogP contribution in [0.4, 0.5) is 37.2 Å². The Morgan fingerprint density at radius 1 is 0.526 bits per heavy atom. The number of ketones is 2. The number of ether oxygens (including phenoxy) is 2. The molecule has 4 heterocycles. The van der Waals surface area contributed by atoms with Crippen molar-refractivity contribution >= 4 is 124 Å². The molecular formula is C58H26F4N8O6S2. The van der Waals surface area contributed by atoms with Gasteiger partial charge in [0.2, 0.25) is 11.6 Å². The lowest BCUT2D eigenvalue weighted by Crippen LogP contribution is -2.42. The minimum Gasteiger partial charge on any atom is -0.444 e. The highest BCUT2D eigenvalue weighted by molar-refractivity contribution is 7.23. The number of allylic oxidation sites excluding steroid dienone is 4. The molecule has 0 fully saturated rings. The fourth-order valence-electron chi connectivity index (χ4n) is 10.0. The number of aliphatic imine (C=N–C) groups is 2. The molecule has 0 N–H and O–H groups in total. The number of hydrogen-bond acceptors (Lipinski definition) is 14. The second kappa shape index (κ2) is 18.8. The van der Waals surface area contributed by atoms with E-state index in [1.54, 1.807) is 72.8 Å². The van der Waals surface area contributed by atoms with Gasteiger partial charge in [0.1, 0.15) is 70.1 Å². The number of thiophene rings is 2. The molecule has 0 bridgehead atoms. The van der Waals surface area contributed by atoms with Crippen LogP contribution in [0.1, 0.15) is 43.0 Å². The topological polar surface area (TPSA) is 216 Å². The Hall–Kier alpha value is -10.4. The van der Waals surface area contributed by atoms with Gasteiger partial charge in [-0.1, -0.05) is 85.0 Å². The van der Waals surface area contributed by atoms with Crippen molar-refractivity contribution in [2.24, 2.45) is 21.8 Å². The molecule has 0 spiro atoms. The third kappa shape index (κ3) is 7.78. The summed E-state index contributed by atoms with van der Waals surface area (Å²) >= 11 is 2.11. The van der Waals surface area contributed by atoms with Crippen LogP contribution in [0.15, 0.2) is 118 Å². The van der Waals surface area contributed by atoms with Crippen molar-refractivity contribution < 1.29 is 46.2 Å². The summed E-state index contributed by atoms with van der Waals surface area (Å²) < 4.78 is 73.7. The van der Waals surface area contributed by atoms with E-state index in [1.807, 2.05) is 36.4 Å². The Labute approximate surface area is 443 Å². The van der Waals surface area contributed by atoms with Gasteiger partial charge in [-0.25, -0.2) is 46.3 Å². The maximum absolute atomic E-state index is 14.6. The van der Waals surface area contributed by atoms with E-state index in [-0.39, 0.29) is 56.6 Å². The Bertz CT molecular complexity index is 4380. The quantitative estimate of drug-likeness (QED) is 0.114. The summed E-state index contributed by atoms with van der Waals surface area (Å²) in [5.74, 6) is -7.96. The standard InChI is InChI=1S/C58H26F4N8O6S2/c59-39-15-33-35(17-41(39)61)53(71)51(49(33)31(21-63)22-64)67-47-19-45-55(77-47)37-11-30-14-44-38(12-29(30)13-43(37)69(45)57(73)75-25-27-7-3-1-4-8-27)56-46(70(44)58(74)76-26-28-9-5-2-6-10-28)20-48(78-56)68-52-50(32(23-65)24-66)34-16-40(60)42(62)18-36(34)54(52)72/h1-20,29-30H,25-26H2/b67-51-,68-52-. The minimum absolute atomic E-state index is 0.112. The number of fused-ring (bicyclic) bond motifs is 9. The van der Waals surface area contributed by atoms with Crippen LogP contribution in [-0.4, -0.2) is 44.3 Å². The molecule has 4 aliphatic carbocycles. The van der Waals surface area contributed by atoms with Crippen LogP contribution in [-0.2, 0) is 22.7 Å². The first-order valence-electron chi connectivity index (χ1n) is 23.3. The molecule has 0 saturated carbocycles. The number of benzene rings is 4. The van der Waals surface area contributed by atoms with Crippen LogP contribution >= 0.6 is 22.7 Å². The number of carbonyl (C=O) groups excluding carboxylic acids is 4. The van der Waals surface area contributed by atoms with Crippen LogP contribution in [0, 0.1) is 80.4 Å². The van der Waals surface area contributed by atoms with Gasteiger partial charge in [0.05, 0.1) is 31.1 Å². The van der Waals surface area contributed by atoms with Crippen LogP contribution in [0.3, 0.4) is 0 Å². The van der Waals surface area contributed by atoms with Gasteiger partial charge < -0.3 is 9.47 Å². The first-order chi connectivity index (χ1) is 37.8. The van der Waals surface area contributed by atoms with Gasteiger partial charge in [-0.3, -0.25) is 9.59 Å². The minimum atomic E-state index is -1.32. The van der Waals surface area contributed by atoms with E-state index >= 15 is 0 Å². The molecule has 0 aliphatic heterocycles. The van der Waals surface area contributed by atoms with E-state index in [4.69, 9.17) is 9.47 Å². The van der Waals surface area contributed by atoms with Crippen molar-refractivity contribution in [1.82, 2.24) is 9.13 Å². The molecule has 20 heteroatoms. The number of rotatable bonds is 6. The zero-order valence-corrected chi connectivity index (χ0v) is 41.1. The Kier molecular flexibility index (Phi) is 11.7. The van der Waals surface area contributed by atoms with Gasteiger partial charge in [-0.05, 0) is 47.5 Å². The smallest absolute Gasteiger partial charge is 0.419 e. The summed E-state index contributed by atoms with van der Waals surface area (Å²) in [5, 5.41) is 41.8. The van der Waals surface area contributed by atoms with Gasteiger partial charge in [0.25, 0.3) is 0 Å². The number of Topliss-reactive ketones (excluding diaryl/α,β-unsaturated/α-hetero) is 2. The molecule has 0 radical (unpaired) electrons. The molecule has 374 valence electrons. The van der Waals surface area contributed by atoms with Crippen molar-refractivity contribution in [3.63, 3.8) is 0 Å². The molecule has 4 aromatic heterocycles. The van der Waals surface area contributed by atoms with Crippen LogP contribution in [0.25, 0.3) is 55.9 Å². The number of hydrogen-bond donors (Lipinski definition) is 0. The molecule has 78 heavy (non-hydrogen) atoms. The fraction of sp³-hybridized carbons (Fsp3) is 0.0690. The lowest BCUT2D eigenvalue weighted by Gasteiger charge is -2.21. The van der Waals surface area contributed by atoms with Crippen LogP contribution in [0.5, 0.6) is 0 Å². The predicted octanol–water partition coefficient (Wildman–Crippen LogP) is 9.27. The second-order valence-electron chi connectivity index (χ2n) is 17.9. The Morgan fingerprint density at radius 3 is 1.24 bits per heavy atom. The molecule has 2 unspecified atom stereocenters. The molecule has 2 atom stereocenters. The summed E-state index contributed by atoms with van der Waals surface area (Å²) in [6.07, 6.45) is 5.94. The molecule has 14 nitrogen and oxygen atoms in total.